The summed E-state index contributed by atoms with van der Waals surface area (Å²) in [5.41, 5.74) is 2.40. The second-order valence-electron chi connectivity index (χ2n) is 7.27. The third-order valence-electron chi connectivity index (χ3n) is 5.57. The van der Waals surface area contributed by atoms with Crippen LogP contribution in [0.5, 0.6) is 0 Å². The molecule has 0 aromatic carbocycles. The van der Waals surface area contributed by atoms with Gasteiger partial charge in [0.1, 0.15) is 12.3 Å². The molecule has 4 nitrogen and oxygen atoms in total. The molecule has 1 N–H and O–H groups in total. The first-order valence-corrected chi connectivity index (χ1v) is 9.79. The SMILES string of the molecule is O=c1ccc(-c2ccco2)c2n1C[C@H]1C[C@@H]2C[NH+](Cc2cccs2)C1. The van der Waals surface area contributed by atoms with Gasteiger partial charge in [0.05, 0.1) is 24.2 Å². The highest BCUT2D eigenvalue weighted by Crippen LogP contribution is 2.36. The molecule has 0 radical (unpaired) electrons. The van der Waals surface area contributed by atoms with E-state index >= 15 is 0 Å². The van der Waals surface area contributed by atoms with Gasteiger partial charge < -0.3 is 13.9 Å². The molecule has 25 heavy (non-hydrogen) atoms. The van der Waals surface area contributed by atoms with Crippen molar-refractivity contribution in [2.75, 3.05) is 13.1 Å². The molecule has 128 valence electrons. The lowest BCUT2D eigenvalue weighted by Gasteiger charge is -2.41. The van der Waals surface area contributed by atoms with E-state index in [1.165, 1.54) is 17.0 Å². The van der Waals surface area contributed by atoms with E-state index in [-0.39, 0.29) is 5.56 Å². The third-order valence-corrected chi connectivity index (χ3v) is 6.45. The molecule has 1 fully saturated rings. The van der Waals surface area contributed by atoms with Crippen LogP contribution in [0.4, 0.5) is 0 Å². The summed E-state index contributed by atoms with van der Waals surface area (Å²) < 4.78 is 7.67. The van der Waals surface area contributed by atoms with Crippen molar-refractivity contribution in [3.05, 3.63) is 69.0 Å². The van der Waals surface area contributed by atoms with Gasteiger partial charge in [-0.25, -0.2) is 0 Å². The summed E-state index contributed by atoms with van der Waals surface area (Å²) in [6.45, 7) is 4.18. The van der Waals surface area contributed by atoms with Crippen LogP contribution in [0.1, 0.15) is 22.9 Å². The standard InChI is InChI=1S/C20H20N2O2S/c23-19-6-5-17(18-4-1-7-24-18)20-15-9-14(11-22(19)20)10-21(12-15)13-16-3-2-8-25-16/h1-8,14-15H,9-13H2/p+1/t14-,15+/m0/s1. The lowest BCUT2D eigenvalue weighted by atomic mass is 9.81. The average molecular weight is 353 g/mol. The Morgan fingerprint density at radius 3 is 2.96 bits per heavy atom. The minimum absolute atomic E-state index is 0.127. The minimum Gasteiger partial charge on any atom is -0.464 e. The van der Waals surface area contributed by atoms with Crippen molar-refractivity contribution in [1.29, 1.82) is 0 Å². The van der Waals surface area contributed by atoms with E-state index in [4.69, 9.17) is 4.42 Å². The van der Waals surface area contributed by atoms with Crippen LogP contribution in [0.3, 0.4) is 0 Å². The maximum Gasteiger partial charge on any atom is 0.250 e. The number of quaternary nitrogens is 1. The summed E-state index contributed by atoms with van der Waals surface area (Å²) >= 11 is 1.84. The van der Waals surface area contributed by atoms with Gasteiger partial charge in [-0.1, -0.05) is 6.07 Å². The van der Waals surface area contributed by atoms with Gasteiger partial charge in [0, 0.05) is 35.7 Å². The zero-order valence-corrected chi connectivity index (χ0v) is 14.8. The monoisotopic (exact) mass is 353 g/mol. The second kappa shape index (κ2) is 6.00. The van der Waals surface area contributed by atoms with E-state index in [1.807, 2.05) is 34.1 Å². The van der Waals surface area contributed by atoms with Crippen molar-refractivity contribution in [2.45, 2.75) is 25.4 Å². The van der Waals surface area contributed by atoms with Crippen molar-refractivity contribution in [2.24, 2.45) is 5.92 Å². The molecule has 5 heteroatoms. The normalized spacial score (nSPS) is 24.9. The van der Waals surface area contributed by atoms with Crippen LogP contribution >= 0.6 is 11.3 Å². The number of nitrogens with zero attached hydrogens (tertiary/aromatic N) is 1. The van der Waals surface area contributed by atoms with Crippen LogP contribution in [0.2, 0.25) is 0 Å². The number of pyridine rings is 1. The summed E-state index contributed by atoms with van der Waals surface area (Å²) in [6, 6.07) is 11.9. The lowest BCUT2D eigenvalue weighted by Crippen LogP contribution is -3.13. The molecule has 1 unspecified atom stereocenters. The Bertz CT molecular complexity index is 927. The molecule has 1 saturated heterocycles. The van der Waals surface area contributed by atoms with Crippen LogP contribution in [0.15, 0.2) is 57.3 Å². The third kappa shape index (κ3) is 2.68. The summed E-state index contributed by atoms with van der Waals surface area (Å²) in [7, 11) is 0. The number of rotatable bonds is 3. The maximum absolute atomic E-state index is 12.5. The molecule has 2 bridgehead atoms. The number of hydrogen-bond donors (Lipinski definition) is 1. The van der Waals surface area contributed by atoms with Crippen LogP contribution < -0.4 is 10.5 Å². The Morgan fingerprint density at radius 2 is 2.16 bits per heavy atom. The fraction of sp³-hybridized carbons (Fsp3) is 0.350. The molecule has 3 aromatic heterocycles. The summed E-state index contributed by atoms with van der Waals surface area (Å²) in [5.74, 6) is 1.88. The minimum atomic E-state index is 0.127. The molecule has 3 aromatic rings. The fourth-order valence-corrected chi connectivity index (χ4v) is 5.46. The molecule has 0 amide bonds. The molecule has 0 saturated carbocycles. The molecular weight excluding hydrogens is 332 g/mol. The lowest BCUT2D eigenvalue weighted by molar-refractivity contribution is -0.924. The number of thiophene rings is 1. The number of furan rings is 1. The van der Waals surface area contributed by atoms with Gasteiger partial charge in [-0.3, -0.25) is 4.79 Å². The van der Waals surface area contributed by atoms with Crippen molar-refractivity contribution < 1.29 is 9.32 Å². The van der Waals surface area contributed by atoms with E-state index in [9.17, 15) is 4.79 Å². The van der Waals surface area contributed by atoms with Crippen molar-refractivity contribution in [1.82, 2.24) is 4.57 Å². The molecule has 2 aliphatic heterocycles. The van der Waals surface area contributed by atoms with Crippen LogP contribution in [-0.4, -0.2) is 17.7 Å². The first-order valence-electron chi connectivity index (χ1n) is 8.91. The molecule has 0 spiro atoms. The van der Waals surface area contributed by atoms with E-state index in [0.29, 0.717) is 11.8 Å². The topological polar surface area (TPSA) is 39.6 Å². The number of hydrogen-bond acceptors (Lipinski definition) is 3. The molecule has 5 rings (SSSR count). The number of nitrogens with one attached hydrogen (secondary N) is 1. The highest BCUT2D eigenvalue weighted by molar-refractivity contribution is 7.09. The van der Waals surface area contributed by atoms with Crippen LogP contribution in [0, 0.1) is 5.92 Å². The van der Waals surface area contributed by atoms with Crippen LogP contribution in [-0.2, 0) is 13.1 Å². The Kier molecular flexibility index (Phi) is 3.64. The smallest absolute Gasteiger partial charge is 0.250 e. The van der Waals surface area contributed by atoms with E-state index in [2.05, 4.69) is 17.5 Å². The zero-order chi connectivity index (χ0) is 16.8. The van der Waals surface area contributed by atoms with E-state index < -0.39 is 0 Å². The van der Waals surface area contributed by atoms with Gasteiger partial charge in [0.25, 0.3) is 5.56 Å². The summed E-state index contributed by atoms with van der Waals surface area (Å²) in [4.78, 5) is 15.6. The molecule has 0 aliphatic carbocycles. The summed E-state index contributed by atoms with van der Waals surface area (Å²) in [5, 5.41) is 2.16. The number of aromatic nitrogens is 1. The van der Waals surface area contributed by atoms with Gasteiger partial charge in [-0.2, -0.15) is 0 Å². The molecular formula is C20H21N2O2S+. The van der Waals surface area contributed by atoms with E-state index in [1.54, 1.807) is 17.2 Å². The second-order valence-corrected chi connectivity index (χ2v) is 8.30. The first-order chi connectivity index (χ1) is 12.3. The predicted octanol–water partition coefficient (Wildman–Crippen LogP) is 2.37. The molecule has 3 atom stereocenters. The van der Waals surface area contributed by atoms with Gasteiger partial charge in [0.2, 0.25) is 0 Å². The Morgan fingerprint density at radius 1 is 1.20 bits per heavy atom. The number of fused-ring (bicyclic) bond motifs is 4. The largest absolute Gasteiger partial charge is 0.464 e. The average Bonchev–Trinajstić information content (AvgIpc) is 3.29. The number of likely N-dealkylation sites (tertiary alicyclic amines) is 1. The Labute approximate surface area is 150 Å². The molecule has 5 heterocycles. The van der Waals surface area contributed by atoms with Gasteiger partial charge in [0.15, 0.2) is 0 Å². The predicted molar refractivity (Wildman–Crippen MR) is 98.0 cm³/mol. The fourth-order valence-electron chi connectivity index (χ4n) is 4.68. The Balaban J connectivity index is 1.53. The number of piperidine rings is 1. The summed E-state index contributed by atoms with van der Waals surface area (Å²) in [6.07, 6.45) is 2.89. The maximum atomic E-state index is 12.5. The first kappa shape index (κ1) is 15.2. The van der Waals surface area contributed by atoms with Crippen molar-refractivity contribution >= 4 is 11.3 Å². The van der Waals surface area contributed by atoms with Crippen molar-refractivity contribution in [3.8, 4) is 11.3 Å². The highest BCUT2D eigenvalue weighted by Gasteiger charge is 2.39. The highest BCUT2D eigenvalue weighted by atomic mass is 32.1. The van der Waals surface area contributed by atoms with Gasteiger partial charge in [-0.05, 0) is 36.1 Å². The van der Waals surface area contributed by atoms with Crippen molar-refractivity contribution in [3.63, 3.8) is 0 Å². The van der Waals surface area contributed by atoms with E-state index in [0.717, 1.165) is 37.5 Å². The quantitative estimate of drug-likeness (QED) is 0.785. The van der Waals surface area contributed by atoms with Gasteiger partial charge in [-0.15, -0.1) is 11.3 Å². The van der Waals surface area contributed by atoms with Crippen LogP contribution in [0.25, 0.3) is 11.3 Å². The zero-order valence-electron chi connectivity index (χ0n) is 14.0. The Hall–Kier alpha value is -2.11. The van der Waals surface area contributed by atoms with Gasteiger partial charge >= 0.3 is 0 Å². The molecule has 2 aliphatic rings.